The van der Waals surface area contributed by atoms with E-state index in [4.69, 9.17) is 17.2 Å². The Morgan fingerprint density at radius 3 is 1.95 bits per heavy atom. The maximum atomic E-state index is 7.19. The molecule has 0 aliphatic heterocycles. The number of hydrogen-bond acceptors (Lipinski definition) is 6. The Morgan fingerprint density at radius 2 is 1.36 bits per heavy atom. The molecule has 39 heavy (non-hydrogen) atoms. The fourth-order valence-electron chi connectivity index (χ4n) is 5.94. The van der Waals surface area contributed by atoms with Crippen molar-refractivity contribution in [3.8, 4) is 0 Å². The monoisotopic (exact) mass is 520 g/mol. The largest absolute Gasteiger partial charge is 0.327 e. The first kappa shape index (κ1) is 27.2. The minimum Gasteiger partial charge on any atom is -0.327 e. The van der Waals surface area contributed by atoms with Crippen LogP contribution in [0.4, 0.5) is 0 Å². The van der Waals surface area contributed by atoms with Gasteiger partial charge in [0.2, 0.25) is 0 Å². The third-order valence-electron chi connectivity index (χ3n) is 7.86. The van der Waals surface area contributed by atoms with Crippen molar-refractivity contribution >= 4 is 0 Å². The zero-order valence-corrected chi connectivity index (χ0v) is 22.5. The van der Waals surface area contributed by atoms with E-state index in [0.29, 0.717) is 31.7 Å². The lowest BCUT2D eigenvalue weighted by Gasteiger charge is -2.35. The van der Waals surface area contributed by atoms with E-state index >= 15 is 0 Å². The molecule has 0 amide bonds. The summed E-state index contributed by atoms with van der Waals surface area (Å²) in [7, 11) is 0. The number of aromatic nitrogens is 2. The summed E-state index contributed by atoms with van der Waals surface area (Å²) in [5.74, 6) is 0. The maximum Gasteiger partial charge on any atom is 0.0439 e. The van der Waals surface area contributed by atoms with Crippen molar-refractivity contribution in [2.75, 3.05) is 0 Å². The number of rotatable bonds is 12. The molecule has 2 aromatic heterocycles. The molecule has 1 aliphatic carbocycles. The van der Waals surface area contributed by atoms with Gasteiger partial charge in [-0.25, -0.2) is 0 Å². The lowest BCUT2D eigenvalue weighted by molar-refractivity contribution is 0.314. The molecule has 0 fully saturated rings. The first-order valence-electron chi connectivity index (χ1n) is 14.0. The highest BCUT2D eigenvalue weighted by molar-refractivity contribution is 5.35. The van der Waals surface area contributed by atoms with E-state index in [-0.39, 0.29) is 12.1 Å². The van der Waals surface area contributed by atoms with E-state index in [0.717, 1.165) is 36.3 Å². The van der Waals surface area contributed by atoms with Crippen LogP contribution in [0.2, 0.25) is 0 Å². The second-order valence-electron chi connectivity index (χ2n) is 11.0. The van der Waals surface area contributed by atoms with Crippen LogP contribution in [-0.2, 0) is 31.3 Å². The van der Waals surface area contributed by atoms with Gasteiger partial charge in [0.15, 0.2) is 0 Å². The molecule has 6 nitrogen and oxygen atoms in total. The van der Waals surface area contributed by atoms with Crippen LogP contribution in [0.15, 0.2) is 97.3 Å². The van der Waals surface area contributed by atoms with Gasteiger partial charge < -0.3 is 22.5 Å². The number of nitrogens with zero attached hydrogens (tertiary/aromatic N) is 2. The number of hydrogen-bond donors (Lipinski definition) is 4. The predicted octanol–water partition coefficient (Wildman–Crippen LogP) is 4.33. The summed E-state index contributed by atoms with van der Waals surface area (Å²) in [6, 6.07) is 29.4. The number of nitrogens with two attached hydrogens (primary N) is 3. The van der Waals surface area contributed by atoms with Crippen LogP contribution < -0.4 is 22.5 Å². The Bertz CT molecular complexity index is 1260. The zero-order valence-electron chi connectivity index (χ0n) is 22.5. The van der Waals surface area contributed by atoms with Crippen molar-refractivity contribution in [1.82, 2.24) is 15.3 Å². The first-order valence-corrected chi connectivity index (χ1v) is 14.0. The van der Waals surface area contributed by atoms with Crippen LogP contribution in [0.25, 0.3) is 0 Å². The van der Waals surface area contributed by atoms with Gasteiger partial charge in [0.25, 0.3) is 0 Å². The fraction of sp³-hybridized carbons (Fsp3) is 0.333. The standard InChI is InChI=1S/C33H40N6/c34-27(19-29-8-3-5-17-37-29)21-33(36,22-28(35)20-30-9-4-6-18-38-30)26-14-11-24(12-15-26)23-39-32-16-13-25-7-1-2-10-31(25)32/h1-12,14-15,17-18,27-28,32,39H,13,16,19-23,34-36H2. The molecule has 0 saturated carbocycles. The second kappa shape index (κ2) is 12.6. The Kier molecular flexibility index (Phi) is 8.79. The van der Waals surface area contributed by atoms with E-state index in [9.17, 15) is 0 Å². The molecule has 7 N–H and O–H groups in total. The fourth-order valence-corrected chi connectivity index (χ4v) is 5.94. The van der Waals surface area contributed by atoms with Crippen LogP contribution in [0.3, 0.4) is 0 Å². The van der Waals surface area contributed by atoms with Crippen molar-refractivity contribution in [2.45, 2.75) is 68.7 Å². The smallest absolute Gasteiger partial charge is 0.0439 e. The summed E-state index contributed by atoms with van der Waals surface area (Å²) in [4.78, 5) is 8.91. The van der Waals surface area contributed by atoms with Crippen molar-refractivity contribution in [2.24, 2.45) is 17.2 Å². The zero-order chi connectivity index (χ0) is 27.1. The van der Waals surface area contributed by atoms with E-state index in [2.05, 4.69) is 63.8 Å². The van der Waals surface area contributed by atoms with Gasteiger partial charge in [0.05, 0.1) is 0 Å². The third kappa shape index (κ3) is 7.16. The molecule has 2 heterocycles. The lowest BCUT2D eigenvalue weighted by atomic mass is 9.78. The average Bonchev–Trinajstić information content (AvgIpc) is 3.36. The van der Waals surface area contributed by atoms with E-state index in [1.54, 1.807) is 12.4 Å². The molecule has 3 atom stereocenters. The molecule has 6 heteroatoms. The Morgan fingerprint density at radius 1 is 0.769 bits per heavy atom. The maximum absolute atomic E-state index is 7.19. The van der Waals surface area contributed by atoms with Gasteiger partial charge in [0, 0.05) is 66.8 Å². The summed E-state index contributed by atoms with van der Waals surface area (Å²) < 4.78 is 0. The van der Waals surface area contributed by atoms with Crippen molar-refractivity contribution in [3.05, 3.63) is 131 Å². The van der Waals surface area contributed by atoms with Gasteiger partial charge in [0.1, 0.15) is 0 Å². The quantitative estimate of drug-likeness (QED) is 0.221. The molecule has 202 valence electrons. The topological polar surface area (TPSA) is 116 Å². The summed E-state index contributed by atoms with van der Waals surface area (Å²) >= 11 is 0. The van der Waals surface area contributed by atoms with Gasteiger partial charge in [-0.2, -0.15) is 0 Å². The molecule has 0 spiro atoms. The molecular formula is C33H40N6. The van der Waals surface area contributed by atoms with Gasteiger partial charge in [-0.1, -0.05) is 60.7 Å². The predicted molar refractivity (Wildman–Crippen MR) is 158 cm³/mol. The molecule has 0 bridgehead atoms. The molecule has 5 rings (SSSR count). The number of pyridine rings is 2. The van der Waals surface area contributed by atoms with E-state index in [1.807, 2.05) is 36.4 Å². The second-order valence-corrected chi connectivity index (χ2v) is 11.0. The van der Waals surface area contributed by atoms with Crippen LogP contribution in [0.5, 0.6) is 0 Å². The van der Waals surface area contributed by atoms with Crippen LogP contribution in [-0.4, -0.2) is 22.1 Å². The summed E-state index contributed by atoms with van der Waals surface area (Å²) in [5, 5.41) is 3.75. The molecule has 0 saturated heterocycles. The van der Waals surface area contributed by atoms with Crippen LogP contribution >= 0.6 is 0 Å². The minimum absolute atomic E-state index is 0.143. The van der Waals surface area contributed by atoms with E-state index in [1.165, 1.54) is 16.7 Å². The van der Waals surface area contributed by atoms with Gasteiger partial charge >= 0.3 is 0 Å². The normalized spacial score (nSPS) is 17.8. The van der Waals surface area contributed by atoms with Crippen molar-refractivity contribution < 1.29 is 0 Å². The lowest BCUT2D eigenvalue weighted by Crippen LogP contribution is -2.47. The molecule has 1 aliphatic rings. The highest BCUT2D eigenvalue weighted by atomic mass is 14.9. The number of aryl methyl sites for hydroxylation is 1. The van der Waals surface area contributed by atoms with Crippen molar-refractivity contribution in [3.63, 3.8) is 0 Å². The molecule has 0 radical (unpaired) electrons. The highest BCUT2D eigenvalue weighted by Gasteiger charge is 2.32. The summed E-state index contributed by atoms with van der Waals surface area (Å²) in [5.41, 5.74) is 27.0. The third-order valence-corrected chi connectivity index (χ3v) is 7.86. The van der Waals surface area contributed by atoms with Gasteiger partial charge in [-0.05, 0) is 72.2 Å². The van der Waals surface area contributed by atoms with Gasteiger partial charge in [-0.3, -0.25) is 9.97 Å². The molecule has 2 aromatic carbocycles. The summed E-state index contributed by atoms with van der Waals surface area (Å²) in [6.07, 6.45) is 8.44. The number of fused-ring (bicyclic) bond motifs is 1. The number of benzene rings is 2. The van der Waals surface area contributed by atoms with Crippen LogP contribution in [0.1, 0.15) is 58.9 Å². The average molecular weight is 521 g/mol. The Labute approximate surface area is 232 Å². The first-order chi connectivity index (χ1) is 19.0. The minimum atomic E-state index is -0.668. The van der Waals surface area contributed by atoms with Gasteiger partial charge in [-0.15, -0.1) is 0 Å². The van der Waals surface area contributed by atoms with Crippen LogP contribution in [0, 0.1) is 0 Å². The van der Waals surface area contributed by atoms with Crippen molar-refractivity contribution in [1.29, 1.82) is 0 Å². The molecule has 4 aromatic rings. The SMILES string of the molecule is NC(Cc1ccccn1)CC(N)(CC(N)Cc1ccccn1)c1ccc(CNC2CCc3ccccc32)cc1. The number of nitrogens with one attached hydrogen (secondary N) is 1. The highest BCUT2D eigenvalue weighted by Crippen LogP contribution is 2.32. The molecular weight excluding hydrogens is 480 g/mol. The summed E-state index contributed by atoms with van der Waals surface area (Å²) in [6.45, 7) is 0.815. The van der Waals surface area contributed by atoms with E-state index < -0.39 is 5.54 Å². The Hall–Kier alpha value is -3.42. The molecule has 3 unspecified atom stereocenters. The Balaban J connectivity index is 1.28.